The van der Waals surface area contributed by atoms with Crippen molar-refractivity contribution in [1.29, 1.82) is 0 Å². The summed E-state index contributed by atoms with van der Waals surface area (Å²) in [5.41, 5.74) is 0.772. The molecule has 1 aromatic carbocycles. The number of hydrogen-bond donors (Lipinski definition) is 0. The van der Waals surface area contributed by atoms with Crippen LogP contribution in [0.1, 0.15) is 12.0 Å². The molecule has 1 saturated heterocycles. The van der Waals surface area contributed by atoms with Gasteiger partial charge in [-0.25, -0.2) is 0 Å². The Morgan fingerprint density at radius 1 is 1.18 bits per heavy atom. The van der Waals surface area contributed by atoms with Gasteiger partial charge in [0.05, 0.1) is 7.11 Å². The van der Waals surface area contributed by atoms with Crippen molar-refractivity contribution in [2.45, 2.75) is 24.8 Å². The molecule has 0 aromatic heterocycles. The Bertz CT molecular complexity index is 382. The lowest BCUT2D eigenvalue weighted by Gasteiger charge is -2.11. The first-order chi connectivity index (χ1) is 7.97. The molecular formula is C11H11F3O3. The maximum absolute atomic E-state index is 12.4. The summed E-state index contributed by atoms with van der Waals surface area (Å²) in [5, 5.41) is 0. The van der Waals surface area contributed by atoms with Crippen LogP contribution in [0, 0.1) is 0 Å². The normalized spacial score (nSPS) is 17.9. The molecule has 0 amide bonds. The van der Waals surface area contributed by atoms with E-state index in [9.17, 15) is 13.2 Å². The third kappa shape index (κ3) is 2.53. The van der Waals surface area contributed by atoms with Gasteiger partial charge in [-0.3, -0.25) is 0 Å². The summed E-state index contributed by atoms with van der Waals surface area (Å²) in [6, 6.07) is 6.82. The van der Waals surface area contributed by atoms with Crippen LogP contribution in [0.3, 0.4) is 0 Å². The van der Waals surface area contributed by atoms with Crippen LogP contribution in [0.2, 0.25) is 0 Å². The van der Waals surface area contributed by atoms with Gasteiger partial charge in [0.2, 0.25) is 0 Å². The molecule has 0 saturated carbocycles. The van der Waals surface area contributed by atoms with Gasteiger partial charge in [0, 0.05) is 6.42 Å². The van der Waals surface area contributed by atoms with Crippen LogP contribution >= 0.6 is 0 Å². The Balaban J connectivity index is 1.94. The Labute approximate surface area is 96.0 Å². The summed E-state index contributed by atoms with van der Waals surface area (Å²) in [6.45, 7) is 0. The maximum atomic E-state index is 12.4. The average molecular weight is 248 g/mol. The fraction of sp³-hybridized carbons (Fsp3) is 0.455. The van der Waals surface area contributed by atoms with Gasteiger partial charge < -0.3 is 4.74 Å². The van der Waals surface area contributed by atoms with E-state index in [1.165, 1.54) is 7.11 Å². The lowest BCUT2D eigenvalue weighted by atomic mass is 10.0. The molecule has 1 aliphatic rings. The quantitative estimate of drug-likeness (QED) is 0.607. The largest absolute Gasteiger partial charge is 0.497 e. The van der Waals surface area contributed by atoms with E-state index in [0.717, 1.165) is 5.56 Å². The second-order valence-electron chi connectivity index (χ2n) is 3.77. The zero-order chi connectivity index (χ0) is 12.5. The van der Waals surface area contributed by atoms with Gasteiger partial charge in [-0.15, -0.1) is 0 Å². The number of methoxy groups -OCH3 is 1. The summed E-state index contributed by atoms with van der Waals surface area (Å²) in [4.78, 5) is 8.16. The molecule has 0 unspecified atom stereocenters. The highest BCUT2D eigenvalue weighted by Crippen LogP contribution is 2.48. The monoisotopic (exact) mass is 248 g/mol. The number of alkyl halides is 3. The predicted molar refractivity (Wildman–Crippen MR) is 52.3 cm³/mol. The number of aryl methyl sites for hydroxylation is 1. The van der Waals surface area contributed by atoms with Gasteiger partial charge in [0.15, 0.2) is 0 Å². The van der Waals surface area contributed by atoms with Crippen LogP contribution in [0.5, 0.6) is 5.75 Å². The number of hydrogen-bond acceptors (Lipinski definition) is 3. The molecule has 0 radical (unpaired) electrons. The molecule has 0 aliphatic carbocycles. The molecule has 0 bridgehead atoms. The van der Waals surface area contributed by atoms with E-state index in [4.69, 9.17) is 4.74 Å². The lowest BCUT2D eigenvalue weighted by molar-refractivity contribution is -0.193. The summed E-state index contributed by atoms with van der Waals surface area (Å²) >= 11 is 0. The van der Waals surface area contributed by atoms with Crippen molar-refractivity contribution in [1.82, 2.24) is 0 Å². The standard InChI is InChI=1S/C11H11F3O3/c1-15-9-4-2-8(3-5-9)6-7-10(16-17-10)11(12,13)14/h2-5H,6-7H2,1H3. The first kappa shape index (κ1) is 12.2. The van der Waals surface area contributed by atoms with Crippen LogP contribution in [-0.4, -0.2) is 19.1 Å². The number of ether oxygens (including phenoxy) is 1. The zero-order valence-corrected chi connectivity index (χ0v) is 9.08. The van der Waals surface area contributed by atoms with Gasteiger partial charge in [0.25, 0.3) is 0 Å². The van der Waals surface area contributed by atoms with E-state index >= 15 is 0 Å². The molecule has 0 atom stereocenters. The summed E-state index contributed by atoms with van der Waals surface area (Å²) in [7, 11) is 1.53. The predicted octanol–water partition coefficient (Wildman–Crippen LogP) is 2.85. The Morgan fingerprint density at radius 3 is 2.18 bits per heavy atom. The van der Waals surface area contributed by atoms with E-state index in [1.807, 2.05) is 0 Å². The third-order valence-electron chi connectivity index (χ3n) is 2.62. The van der Waals surface area contributed by atoms with Crippen molar-refractivity contribution in [3.05, 3.63) is 29.8 Å². The van der Waals surface area contributed by atoms with Gasteiger partial charge in [0.1, 0.15) is 5.75 Å². The molecule has 17 heavy (non-hydrogen) atoms. The van der Waals surface area contributed by atoms with Crippen molar-refractivity contribution >= 4 is 0 Å². The summed E-state index contributed by atoms with van der Waals surface area (Å²) in [5.74, 6) is -1.73. The minimum atomic E-state index is -4.49. The number of halogens is 3. The van der Waals surface area contributed by atoms with Gasteiger partial charge in [-0.1, -0.05) is 12.1 Å². The lowest BCUT2D eigenvalue weighted by Crippen LogP contribution is -2.32. The van der Waals surface area contributed by atoms with E-state index in [1.54, 1.807) is 24.3 Å². The molecule has 0 spiro atoms. The topological polar surface area (TPSA) is 34.3 Å². The van der Waals surface area contributed by atoms with Gasteiger partial charge >= 0.3 is 12.0 Å². The number of rotatable bonds is 4. The number of benzene rings is 1. The van der Waals surface area contributed by atoms with Crippen LogP contribution in [0.25, 0.3) is 0 Å². The molecule has 1 aromatic rings. The van der Waals surface area contributed by atoms with Crippen molar-refractivity contribution in [3.8, 4) is 5.75 Å². The molecule has 94 valence electrons. The molecule has 0 N–H and O–H groups in total. The molecule has 1 aliphatic heterocycles. The Hall–Kier alpha value is -1.27. The highest BCUT2D eigenvalue weighted by Gasteiger charge is 2.69. The van der Waals surface area contributed by atoms with Gasteiger partial charge in [-0.05, 0) is 24.1 Å². The molecule has 6 heteroatoms. The van der Waals surface area contributed by atoms with E-state index < -0.39 is 12.0 Å². The van der Waals surface area contributed by atoms with Crippen LogP contribution in [-0.2, 0) is 16.2 Å². The minimum Gasteiger partial charge on any atom is -0.497 e. The summed E-state index contributed by atoms with van der Waals surface area (Å²) < 4.78 is 42.3. The zero-order valence-electron chi connectivity index (χ0n) is 9.08. The molecule has 1 heterocycles. The van der Waals surface area contributed by atoms with Gasteiger partial charge in [-0.2, -0.15) is 22.9 Å². The highest BCUT2D eigenvalue weighted by molar-refractivity contribution is 5.27. The van der Waals surface area contributed by atoms with E-state index in [-0.39, 0.29) is 12.8 Å². The molecule has 3 nitrogen and oxygen atoms in total. The molecule has 2 rings (SSSR count). The van der Waals surface area contributed by atoms with Crippen LogP contribution < -0.4 is 4.74 Å². The first-order valence-electron chi connectivity index (χ1n) is 5.03. The Morgan fingerprint density at radius 2 is 1.76 bits per heavy atom. The van der Waals surface area contributed by atoms with E-state index in [0.29, 0.717) is 5.75 Å². The van der Waals surface area contributed by atoms with Crippen molar-refractivity contribution in [2.75, 3.05) is 7.11 Å². The molecular weight excluding hydrogens is 237 g/mol. The average Bonchev–Trinajstić information content (AvgIpc) is 3.07. The second kappa shape index (κ2) is 4.19. The van der Waals surface area contributed by atoms with Crippen molar-refractivity contribution in [3.63, 3.8) is 0 Å². The van der Waals surface area contributed by atoms with Crippen molar-refractivity contribution in [2.24, 2.45) is 0 Å². The first-order valence-corrected chi connectivity index (χ1v) is 5.03. The fourth-order valence-corrected chi connectivity index (χ4v) is 1.47. The Kier molecular flexibility index (Phi) is 3.01. The van der Waals surface area contributed by atoms with Crippen LogP contribution in [0.15, 0.2) is 24.3 Å². The third-order valence-corrected chi connectivity index (χ3v) is 2.62. The SMILES string of the molecule is COc1ccc(CCC2(C(F)(F)F)OO2)cc1. The maximum Gasteiger partial charge on any atom is 0.449 e. The smallest absolute Gasteiger partial charge is 0.449 e. The molecule has 1 fully saturated rings. The fourth-order valence-electron chi connectivity index (χ4n) is 1.47. The van der Waals surface area contributed by atoms with E-state index in [2.05, 4.69) is 9.78 Å². The van der Waals surface area contributed by atoms with Crippen LogP contribution in [0.4, 0.5) is 13.2 Å². The summed E-state index contributed by atoms with van der Waals surface area (Å²) in [6.07, 6.45) is -4.51. The second-order valence-corrected chi connectivity index (χ2v) is 3.77. The minimum absolute atomic E-state index is 0.226. The highest BCUT2D eigenvalue weighted by atomic mass is 19.4. The van der Waals surface area contributed by atoms with Crippen molar-refractivity contribution < 1.29 is 27.7 Å².